The largest absolute Gasteiger partial charge is 0.492 e. The van der Waals surface area contributed by atoms with Crippen LogP contribution in [0.3, 0.4) is 0 Å². The molecule has 1 aromatic rings. The van der Waals surface area contributed by atoms with Crippen molar-refractivity contribution in [1.82, 2.24) is 4.98 Å². The third kappa shape index (κ3) is 5.04. The molecule has 3 heteroatoms. The summed E-state index contributed by atoms with van der Waals surface area (Å²) < 4.78 is 5.56. The van der Waals surface area contributed by atoms with E-state index in [1.54, 1.807) is 12.4 Å². The predicted octanol–water partition coefficient (Wildman–Crippen LogP) is 3.10. The number of halogens is 1. The van der Waals surface area contributed by atoms with Gasteiger partial charge in [0.2, 0.25) is 0 Å². The van der Waals surface area contributed by atoms with Gasteiger partial charge in [0.15, 0.2) is 0 Å². The number of ether oxygens (including phenoxy) is 1. The topological polar surface area (TPSA) is 22.1 Å². The maximum Gasteiger partial charge on any atom is 0.138 e. The fourth-order valence-electron chi connectivity index (χ4n) is 1.04. The van der Waals surface area contributed by atoms with Crippen molar-refractivity contribution in [3.05, 3.63) is 24.0 Å². The normalized spacial score (nSPS) is 9.75. The second-order valence-corrected chi connectivity index (χ2v) is 4.23. The van der Waals surface area contributed by atoms with Gasteiger partial charge in [0, 0.05) is 24.1 Å². The number of aromatic nitrogens is 1. The molecule has 86 valence electrons. The Hall–Kier alpha value is -1.20. The Labute approximate surface area is 102 Å². The van der Waals surface area contributed by atoms with E-state index in [0.717, 1.165) is 11.3 Å². The van der Waals surface area contributed by atoms with Crippen molar-refractivity contribution in [1.29, 1.82) is 0 Å². The molecular formula is C13H16ClNO. The van der Waals surface area contributed by atoms with Crippen molar-refractivity contribution in [2.45, 2.75) is 20.3 Å². The van der Waals surface area contributed by atoms with Gasteiger partial charge in [-0.15, -0.1) is 11.6 Å². The maximum absolute atomic E-state index is 5.56. The monoisotopic (exact) mass is 237 g/mol. The van der Waals surface area contributed by atoms with Crippen LogP contribution in [0.5, 0.6) is 5.75 Å². The summed E-state index contributed by atoms with van der Waals surface area (Å²) in [4.78, 5) is 4.08. The zero-order valence-electron chi connectivity index (χ0n) is 9.66. The molecule has 0 fully saturated rings. The van der Waals surface area contributed by atoms with Gasteiger partial charge in [-0.05, 0) is 12.0 Å². The number of alkyl halides is 1. The van der Waals surface area contributed by atoms with Gasteiger partial charge in [-0.1, -0.05) is 25.7 Å². The Morgan fingerprint density at radius 2 is 2.25 bits per heavy atom. The summed E-state index contributed by atoms with van der Waals surface area (Å²) in [6, 6.07) is 1.90. The van der Waals surface area contributed by atoms with E-state index in [9.17, 15) is 0 Å². The van der Waals surface area contributed by atoms with Crippen molar-refractivity contribution >= 4 is 11.6 Å². The van der Waals surface area contributed by atoms with Crippen molar-refractivity contribution in [3.63, 3.8) is 0 Å². The van der Waals surface area contributed by atoms with Gasteiger partial charge in [-0.3, -0.25) is 4.98 Å². The summed E-state index contributed by atoms with van der Waals surface area (Å²) in [5, 5.41) is 0. The van der Waals surface area contributed by atoms with E-state index >= 15 is 0 Å². The van der Waals surface area contributed by atoms with E-state index in [1.807, 2.05) is 6.07 Å². The SMILES string of the molecule is CC(C)COc1cncc(C#CCCCl)c1. The molecule has 16 heavy (non-hydrogen) atoms. The molecule has 0 unspecified atom stereocenters. The molecule has 0 aliphatic rings. The number of hydrogen-bond acceptors (Lipinski definition) is 2. The van der Waals surface area contributed by atoms with Crippen LogP contribution in [0.1, 0.15) is 25.8 Å². The molecule has 0 bridgehead atoms. The minimum absolute atomic E-state index is 0.506. The Balaban J connectivity index is 2.61. The first kappa shape index (κ1) is 12.9. The highest BCUT2D eigenvalue weighted by Gasteiger charge is 1.98. The number of pyridine rings is 1. The van der Waals surface area contributed by atoms with E-state index in [0.29, 0.717) is 24.8 Å². The summed E-state index contributed by atoms with van der Waals surface area (Å²) in [7, 11) is 0. The number of hydrogen-bond donors (Lipinski definition) is 0. The van der Waals surface area contributed by atoms with Gasteiger partial charge >= 0.3 is 0 Å². The van der Waals surface area contributed by atoms with Gasteiger partial charge in [0.25, 0.3) is 0 Å². The second-order valence-electron chi connectivity index (χ2n) is 3.85. The highest BCUT2D eigenvalue weighted by Crippen LogP contribution is 2.11. The van der Waals surface area contributed by atoms with Gasteiger partial charge in [-0.25, -0.2) is 0 Å². The lowest BCUT2D eigenvalue weighted by Crippen LogP contribution is -2.04. The summed E-state index contributed by atoms with van der Waals surface area (Å²) in [5.41, 5.74) is 0.867. The average Bonchev–Trinajstić information content (AvgIpc) is 2.27. The third-order valence-corrected chi connectivity index (χ3v) is 1.94. The first-order valence-electron chi connectivity index (χ1n) is 5.35. The molecule has 0 atom stereocenters. The van der Waals surface area contributed by atoms with E-state index in [-0.39, 0.29) is 0 Å². The Morgan fingerprint density at radius 1 is 1.44 bits per heavy atom. The smallest absolute Gasteiger partial charge is 0.138 e. The Morgan fingerprint density at radius 3 is 2.94 bits per heavy atom. The zero-order valence-corrected chi connectivity index (χ0v) is 10.4. The fourth-order valence-corrected chi connectivity index (χ4v) is 1.14. The molecule has 0 aliphatic carbocycles. The van der Waals surface area contributed by atoms with E-state index in [1.165, 1.54) is 0 Å². The minimum Gasteiger partial charge on any atom is -0.492 e. The minimum atomic E-state index is 0.506. The number of nitrogens with zero attached hydrogens (tertiary/aromatic N) is 1. The Kier molecular flexibility index (Phi) is 5.74. The molecule has 1 aromatic heterocycles. The zero-order chi connectivity index (χ0) is 11.8. The lowest BCUT2D eigenvalue weighted by molar-refractivity contribution is 0.270. The fraction of sp³-hybridized carbons (Fsp3) is 0.462. The second kappa shape index (κ2) is 7.14. The molecule has 0 amide bonds. The third-order valence-electron chi connectivity index (χ3n) is 1.75. The molecule has 2 nitrogen and oxygen atoms in total. The van der Waals surface area contributed by atoms with Crippen molar-refractivity contribution in [2.24, 2.45) is 5.92 Å². The van der Waals surface area contributed by atoms with Crippen LogP contribution in [0.4, 0.5) is 0 Å². The number of rotatable bonds is 4. The van der Waals surface area contributed by atoms with Crippen LogP contribution in [0.25, 0.3) is 0 Å². The molecular weight excluding hydrogens is 222 g/mol. The van der Waals surface area contributed by atoms with Crippen LogP contribution >= 0.6 is 11.6 Å². The van der Waals surface area contributed by atoms with Crippen LogP contribution in [0.2, 0.25) is 0 Å². The average molecular weight is 238 g/mol. The highest BCUT2D eigenvalue weighted by atomic mass is 35.5. The molecule has 0 aromatic carbocycles. The molecule has 0 saturated carbocycles. The predicted molar refractivity (Wildman–Crippen MR) is 66.8 cm³/mol. The lowest BCUT2D eigenvalue weighted by Gasteiger charge is -2.07. The van der Waals surface area contributed by atoms with Crippen molar-refractivity contribution < 1.29 is 4.74 Å². The van der Waals surface area contributed by atoms with Crippen molar-refractivity contribution in [2.75, 3.05) is 12.5 Å². The van der Waals surface area contributed by atoms with Gasteiger partial charge in [0.1, 0.15) is 5.75 Å². The standard InChI is InChI=1S/C13H16ClNO/c1-11(2)10-16-13-7-12(8-15-9-13)5-3-4-6-14/h7-9,11H,4,6,10H2,1-2H3. The van der Waals surface area contributed by atoms with Crippen LogP contribution < -0.4 is 4.74 Å². The molecule has 0 saturated heterocycles. The first-order valence-corrected chi connectivity index (χ1v) is 5.88. The van der Waals surface area contributed by atoms with Crippen LogP contribution in [0, 0.1) is 17.8 Å². The Bertz CT molecular complexity index is 379. The van der Waals surface area contributed by atoms with Crippen molar-refractivity contribution in [3.8, 4) is 17.6 Å². The van der Waals surface area contributed by atoms with E-state index < -0.39 is 0 Å². The lowest BCUT2D eigenvalue weighted by atomic mass is 10.2. The summed E-state index contributed by atoms with van der Waals surface area (Å²) in [5.74, 6) is 7.80. The summed E-state index contributed by atoms with van der Waals surface area (Å²) in [6.45, 7) is 4.91. The quantitative estimate of drug-likeness (QED) is 0.593. The molecule has 0 N–H and O–H groups in total. The van der Waals surface area contributed by atoms with Crippen LogP contribution in [0.15, 0.2) is 18.5 Å². The molecule has 0 radical (unpaired) electrons. The van der Waals surface area contributed by atoms with Crippen LogP contribution in [-0.4, -0.2) is 17.5 Å². The molecule has 1 heterocycles. The summed E-state index contributed by atoms with van der Waals surface area (Å²) in [6.07, 6.45) is 4.12. The summed E-state index contributed by atoms with van der Waals surface area (Å²) >= 11 is 5.54. The van der Waals surface area contributed by atoms with Gasteiger partial charge in [-0.2, -0.15) is 0 Å². The molecule has 0 aliphatic heterocycles. The van der Waals surface area contributed by atoms with E-state index in [2.05, 4.69) is 30.7 Å². The molecule has 0 spiro atoms. The first-order chi connectivity index (χ1) is 7.72. The maximum atomic E-state index is 5.56. The molecule has 1 rings (SSSR count). The van der Waals surface area contributed by atoms with Gasteiger partial charge in [0.05, 0.1) is 12.8 Å². The van der Waals surface area contributed by atoms with E-state index in [4.69, 9.17) is 16.3 Å². The van der Waals surface area contributed by atoms with Crippen LogP contribution in [-0.2, 0) is 0 Å². The highest BCUT2D eigenvalue weighted by molar-refractivity contribution is 6.18. The van der Waals surface area contributed by atoms with Gasteiger partial charge < -0.3 is 4.74 Å².